The molecule has 3 rings (SSSR count). The van der Waals surface area contributed by atoms with Crippen molar-refractivity contribution < 1.29 is 14.5 Å². The summed E-state index contributed by atoms with van der Waals surface area (Å²) in [5.74, 6) is -0.115. The molecular weight excluding hydrogens is 316 g/mol. The smallest absolute Gasteiger partial charge is 0.338 e. The zero-order chi connectivity index (χ0) is 17.3. The summed E-state index contributed by atoms with van der Waals surface area (Å²) in [5, 5.41) is 25.2. The van der Waals surface area contributed by atoms with Gasteiger partial charge in [0, 0.05) is 17.8 Å². The fourth-order valence-electron chi connectivity index (χ4n) is 2.57. The number of carbonyl (C=O) groups is 1. The minimum Gasteiger partial charge on any atom is -0.463 e. The van der Waals surface area contributed by atoms with Gasteiger partial charge >= 0.3 is 5.97 Å². The Morgan fingerprint density at radius 3 is 2.75 bits per heavy atom. The number of tetrazole rings is 1. The molecule has 2 heterocycles. The standard InChI is InChI=1S/C14H14N6O4/c1-3-24-13(21)11-8(2)15-14-16-17-18-19(14)12(11)9-4-6-10(7-5-9)20(22)23/h4-7,12H,3H2,1-2H3,(H,15,16,18). The van der Waals surface area contributed by atoms with Crippen LogP contribution in [0.25, 0.3) is 0 Å². The third kappa shape index (κ3) is 2.57. The highest BCUT2D eigenvalue weighted by Crippen LogP contribution is 2.35. The largest absolute Gasteiger partial charge is 0.463 e. The predicted molar refractivity (Wildman–Crippen MR) is 82.0 cm³/mol. The minimum atomic E-state index is -0.629. The first-order chi connectivity index (χ1) is 11.5. The fraction of sp³-hybridized carbons (Fsp3) is 0.286. The molecule has 0 saturated heterocycles. The maximum atomic E-state index is 12.4. The molecule has 124 valence electrons. The van der Waals surface area contributed by atoms with Crippen molar-refractivity contribution in [3.8, 4) is 0 Å². The predicted octanol–water partition coefficient (Wildman–Crippen LogP) is 1.43. The van der Waals surface area contributed by atoms with E-state index in [-0.39, 0.29) is 12.3 Å². The highest BCUT2D eigenvalue weighted by Gasteiger charge is 2.34. The van der Waals surface area contributed by atoms with Crippen molar-refractivity contribution in [3.05, 3.63) is 51.2 Å². The molecule has 24 heavy (non-hydrogen) atoms. The molecule has 1 atom stereocenters. The van der Waals surface area contributed by atoms with Crippen LogP contribution < -0.4 is 5.32 Å². The lowest BCUT2D eigenvalue weighted by Crippen LogP contribution is -2.29. The summed E-state index contributed by atoms with van der Waals surface area (Å²) in [6.45, 7) is 3.67. The average molecular weight is 330 g/mol. The molecule has 1 aromatic heterocycles. The Morgan fingerprint density at radius 2 is 2.12 bits per heavy atom. The number of rotatable bonds is 4. The van der Waals surface area contributed by atoms with Gasteiger partial charge in [0.25, 0.3) is 5.69 Å². The van der Waals surface area contributed by atoms with Crippen LogP contribution in [-0.4, -0.2) is 37.7 Å². The molecular formula is C14H14N6O4. The Morgan fingerprint density at radius 1 is 1.42 bits per heavy atom. The minimum absolute atomic E-state index is 0.0389. The highest BCUT2D eigenvalue weighted by molar-refractivity contribution is 5.92. The van der Waals surface area contributed by atoms with E-state index in [4.69, 9.17) is 4.74 Å². The summed E-state index contributed by atoms with van der Waals surface area (Å²) in [4.78, 5) is 22.7. The van der Waals surface area contributed by atoms with Gasteiger partial charge in [0.1, 0.15) is 6.04 Å². The molecule has 0 aliphatic carbocycles. The topological polar surface area (TPSA) is 125 Å². The van der Waals surface area contributed by atoms with Crippen molar-refractivity contribution in [2.45, 2.75) is 19.9 Å². The number of benzene rings is 1. The number of esters is 1. The quantitative estimate of drug-likeness (QED) is 0.507. The number of allylic oxidation sites excluding steroid dienone is 1. The summed E-state index contributed by atoms with van der Waals surface area (Å²) in [6, 6.07) is 5.27. The highest BCUT2D eigenvalue weighted by atomic mass is 16.6. The van der Waals surface area contributed by atoms with E-state index in [0.717, 1.165) is 0 Å². The van der Waals surface area contributed by atoms with Crippen molar-refractivity contribution in [1.82, 2.24) is 20.2 Å². The van der Waals surface area contributed by atoms with Crippen LogP contribution in [-0.2, 0) is 9.53 Å². The molecule has 0 spiro atoms. The van der Waals surface area contributed by atoms with Gasteiger partial charge in [-0.25, -0.2) is 4.79 Å². The molecule has 0 radical (unpaired) electrons. The van der Waals surface area contributed by atoms with E-state index in [9.17, 15) is 14.9 Å². The van der Waals surface area contributed by atoms with E-state index in [2.05, 4.69) is 20.8 Å². The van der Waals surface area contributed by atoms with Crippen LogP contribution in [0.5, 0.6) is 0 Å². The zero-order valence-corrected chi connectivity index (χ0v) is 13.0. The number of aromatic nitrogens is 4. The molecule has 0 amide bonds. The lowest BCUT2D eigenvalue weighted by Gasteiger charge is -2.27. The first kappa shape index (κ1) is 15.6. The van der Waals surface area contributed by atoms with Gasteiger partial charge in [-0.2, -0.15) is 4.68 Å². The molecule has 1 aliphatic heterocycles. The number of nitrogens with zero attached hydrogens (tertiary/aromatic N) is 5. The lowest BCUT2D eigenvalue weighted by atomic mass is 9.95. The zero-order valence-electron chi connectivity index (χ0n) is 13.0. The van der Waals surface area contributed by atoms with Gasteiger partial charge in [0.2, 0.25) is 5.95 Å². The Labute approximate surface area is 136 Å². The number of non-ortho nitro benzene ring substituents is 1. The summed E-state index contributed by atoms with van der Waals surface area (Å²) in [7, 11) is 0. The molecule has 1 unspecified atom stereocenters. The third-order valence-corrected chi connectivity index (χ3v) is 3.63. The number of nitro groups is 1. The Balaban J connectivity index is 2.10. The molecule has 10 nitrogen and oxygen atoms in total. The van der Waals surface area contributed by atoms with Crippen molar-refractivity contribution in [3.63, 3.8) is 0 Å². The van der Waals surface area contributed by atoms with Crippen LogP contribution >= 0.6 is 0 Å². The summed E-state index contributed by atoms with van der Waals surface area (Å²) >= 11 is 0. The Hall–Kier alpha value is -3.30. The van der Waals surface area contributed by atoms with Crippen molar-refractivity contribution in [1.29, 1.82) is 0 Å². The molecule has 0 saturated carbocycles. The van der Waals surface area contributed by atoms with Gasteiger partial charge in [-0.1, -0.05) is 5.10 Å². The molecule has 1 aromatic carbocycles. The van der Waals surface area contributed by atoms with E-state index in [0.29, 0.717) is 22.8 Å². The van der Waals surface area contributed by atoms with Crippen LogP contribution in [0.4, 0.5) is 11.6 Å². The van der Waals surface area contributed by atoms with Gasteiger partial charge in [-0.15, -0.1) is 0 Å². The number of carbonyl (C=O) groups excluding carboxylic acids is 1. The molecule has 0 fully saturated rings. The third-order valence-electron chi connectivity index (χ3n) is 3.63. The van der Waals surface area contributed by atoms with E-state index in [1.165, 1.54) is 16.8 Å². The van der Waals surface area contributed by atoms with Crippen molar-refractivity contribution in [2.24, 2.45) is 0 Å². The summed E-state index contributed by atoms with van der Waals surface area (Å²) in [6.07, 6.45) is 0. The number of nitrogens with one attached hydrogen (secondary N) is 1. The van der Waals surface area contributed by atoms with Gasteiger partial charge < -0.3 is 10.1 Å². The number of anilines is 1. The molecule has 1 N–H and O–H groups in total. The van der Waals surface area contributed by atoms with Gasteiger partial charge in [0.15, 0.2) is 0 Å². The first-order valence-electron chi connectivity index (χ1n) is 7.20. The van der Waals surface area contributed by atoms with E-state index < -0.39 is 16.9 Å². The number of hydrogen-bond acceptors (Lipinski definition) is 8. The average Bonchev–Trinajstić information content (AvgIpc) is 3.01. The van der Waals surface area contributed by atoms with Crippen LogP contribution in [0, 0.1) is 10.1 Å². The second-order valence-electron chi connectivity index (χ2n) is 5.08. The van der Waals surface area contributed by atoms with Gasteiger partial charge in [0.05, 0.1) is 17.1 Å². The Kier molecular flexibility index (Phi) is 3.94. The second kappa shape index (κ2) is 6.07. The monoisotopic (exact) mass is 330 g/mol. The van der Waals surface area contributed by atoms with E-state index in [1.807, 2.05) is 0 Å². The summed E-state index contributed by atoms with van der Waals surface area (Å²) in [5.41, 5.74) is 1.52. The Bertz CT molecular complexity index is 826. The van der Waals surface area contributed by atoms with Crippen LogP contribution in [0.3, 0.4) is 0 Å². The molecule has 0 bridgehead atoms. The second-order valence-corrected chi connectivity index (χ2v) is 5.08. The molecule has 1 aliphatic rings. The molecule has 2 aromatic rings. The van der Waals surface area contributed by atoms with Crippen LogP contribution in [0.1, 0.15) is 25.5 Å². The van der Waals surface area contributed by atoms with E-state index in [1.54, 1.807) is 26.0 Å². The normalized spacial score (nSPS) is 16.3. The van der Waals surface area contributed by atoms with Gasteiger partial charge in [-0.05, 0) is 42.0 Å². The SMILES string of the molecule is CCOC(=O)C1=C(C)Nc2nnnn2C1c1ccc([N+](=O)[O-])cc1. The number of nitro benzene ring substituents is 1. The maximum absolute atomic E-state index is 12.4. The summed E-state index contributed by atoms with van der Waals surface area (Å²) < 4.78 is 6.57. The fourth-order valence-corrected chi connectivity index (χ4v) is 2.57. The van der Waals surface area contributed by atoms with Crippen molar-refractivity contribution >= 4 is 17.6 Å². The lowest BCUT2D eigenvalue weighted by molar-refractivity contribution is -0.384. The van der Waals surface area contributed by atoms with E-state index >= 15 is 0 Å². The first-order valence-corrected chi connectivity index (χ1v) is 7.20. The molecule has 10 heteroatoms. The van der Waals surface area contributed by atoms with Gasteiger partial charge in [-0.3, -0.25) is 10.1 Å². The number of hydrogen-bond donors (Lipinski definition) is 1. The maximum Gasteiger partial charge on any atom is 0.338 e. The van der Waals surface area contributed by atoms with Crippen LogP contribution in [0.15, 0.2) is 35.5 Å². The number of ether oxygens (including phenoxy) is 1. The number of fused-ring (bicyclic) bond motifs is 1. The van der Waals surface area contributed by atoms with Crippen molar-refractivity contribution in [2.75, 3.05) is 11.9 Å². The van der Waals surface area contributed by atoms with Crippen LogP contribution in [0.2, 0.25) is 0 Å².